The number of fused-ring (bicyclic) bond motifs is 1. The van der Waals surface area contributed by atoms with Crippen LogP contribution in [0, 0.1) is 0 Å². The maximum atomic E-state index is 12.4. The lowest BCUT2D eigenvalue weighted by molar-refractivity contribution is -0.114. The maximum Gasteiger partial charge on any atom is 0.338 e. The van der Waals surface area contributed by atoms with Crippen LogP contribution in [0.1, 0.15) is 27.6 Å². The minimum absolute atomic E-state index is 0.194. The first-order valence-corrected chi connectivity index (χ1v) is 8.10. The van der Waals surface area contributed by atoms with E-state index in [1.54, 1.807) is 24.3 Å². The lowest BCUT2D eigenvalue weighted by Crippen LogP contribution is -2.14. The first-order chi connectivity index (χ1) is 12.5. The quantitative estimate of drug-likeness (QED) is 0.562. The molecule has 0 radical (unpaired) electrons. The Balaban J connectivity index is 1.67. The summed E-state index contributed by atoms with van der Waals surface area (Å²) in [6.45, 7) is 1.07. The molecule has 130 valence electrons. The summed E-state index contributed by atoms with van der Waals surface area (Å²) in [4.78, 5) is 35.6. The fourth-order valence-electron chi connectivity index (χ4n) is 2.65. The molecule has 0 saturated heterocycles. The van der Waals surface area contributed by atoms with Crippen LogP contribution in [-0.4, -0.2) is 24.3 Å². The van der Waals surface area contributed by atoms with Gasteiger partial charge < -0.3 is 10.1 Å². The standard InChI is InChI=1S/C21H17NO4/c1-14(23)22-17-11-9-16(10-12-17)21(25)26-13-20(24)19-8-4-6-15-5-2-3-7-18(15)19/h2-12H,13H2,1H3,(H,22,23). The number of carbonyl (C=O) groups is 3. The van der Waals surface area contributed by atoms with Crippen LogP contribution >= 0.6 is 0 Å². The van der Waals surface area contributed by atoms with E-state index in [0.717, 1.165) is 10.8 Å². The number of amides is 1. The Bertz CT molecular complexity index is 971. The van der Waals surface area contributed by atoms with E-state index in [-0.39, 0.29) is 18.3 Å². The van der Waals surface area contributed by atoms with Gasteiger partial charge in [-0.05, 0) is 35.0 Å². The minimum atomic E-state index is -0.590. The Labute approximate surface area is 150 Å². The number of hydrogen-bond donors (Lipinski definition) is 1. The van der Waals surface area contributed by atoms with Gasteiger partial charge in [-0.25, -0.2) is 4.79 Å². The summed E-state index contributed by atoms with van der Waals surface area (Å²) in [5.41, 5.74) is 1.42. The summed E-state index contributed by atoms with van der Waals surface area (Å²) < 4.78 is 5.14. The number of Topliss-reactive ketones (excluding diaryl/α,β-unsaturated/α-hetero) is 1. The van der Waals surface area contributed by atoms with Crippen molar-refractivity contribution < 1.29 is 19.1 Å². The van der Waals surface area contributed by atoms with Crippen molar-refractivity contribution in [1.29, 1.82) is 0 Å². The molecule has 0 atom stereocenters. The van der Waals surface area contributed by atoms with E-state index in [9.17, 15) is 14.4 Å². The van der Waals surface area contributed by atoms with E-state index in [1.807, 2.05) is 30.3 Å². The van der Waals surface area contributed by atoms with E-state index < -0.39 is 5.97 Å². The number of anilines is 1. The first kappa shape index (κ1) is 17.4. The molecular formula is C21H17NO4. The summed E-state index contributed by atoms with van der Waals surface area (Å²) in [5.74, 6) is -1.04. The van der Waals surface area contributed by atoms with Crippen molar-refractivity contribution in [2.75, 3.05) is 11.9 Å². The van der Waals surface area contributed by atoms with Crippen molar-refractivity contribution in [2.45, 2.75) is 6.92 Å². The van der Waals surface area contributed by atoms with Crippen molar-refractivity contribution in [3.8, 4) is 0 Å². The molecule has 0 unspecified atom stereocenters. The highest BCUT2D eigenvalue weighted by Crippen LogP contribution is 2.19. The van der Waals surface area contributed by atoms with Crippen LogP contribution in [0.25, 0.3) is 10.8 Å². The summed E-state index contributed by atoms with van der Waals surface area (Å²) in [5, 5.41) is 4.40. The van der Waals surface area contributed by atoms with Gasteiger partial charge in [0.1, 0.15) is 0 Å². The molecule has 0 aromatic heterocycles. The van der Waals surface area contributed by atoms with Gasteiger partial charge in [0.25, 0.3) is 0 Å². The van der Waals surface area contributed by atoms with Crippen LogP contribution < -0.4 is 5.32 Å². The summed E-state index contributed by atoms with van der Waals surface area (Å²) in [7, 11) is 0. The summed E-state index contributed by atoms with van der Waals surface area (Å²) in [6.07, 6.45) is 0. The van der Waals surface area contributed by atoms with Crippen molar-refractivity contribution >= 4 is 34.1 Å². The van der Waals surface area contributed by atoms with Crippen molar-refractivity contribution in [2.24, 2.45) is 0 Å². The third kappa shape index (κ3) is 3.95. The molecule has 1 N–H and O–H groups in total. The van der Waals surface area contributed by atoms with Crippen LogP contribution in [0.2, 0.25) is 0 Å². The van der Waals surface area contributed by atoms with Gasteiger partial charge in [-0.15, -0.1) is 0 Å². The summed E-state index contributed by atoms with van der Waals surface area (Å²) >= 11 is 0. The molecule has 5 nitrogen and oxygen atoms in total. The highest BCUT2D eigenvalue weighted by molar-refractivity contribution is 6.09. The minimum Gasteiger partial charge on any atom is -0.454 e. The molecule has 0 aliphatic heterocycles. The predicted molar refractivity (Wildman–Crippen MR) is 99.3 cm³/mol. The van der Waals surface area contributed by atoms with Crippen LogP contribution in [-0.2, 0) is 9.53 Å². The number of rotatable bonds is 5. The second-order valence-electron chi connectivity index (χ2n) is 5.78. The number of hydrogen-bond acceptors (Lipinski definition) is 4. The van der Waals surface area contributed by atoms with Gasteiger partial charge in [0.05, 0.1) is 5.56 Å². The SMILES string of the molecule is CC(=O)Nc1ccc(C(=O)OCC(=O)c2cccc3ccccc23)cc1. The first-order valence-electron chi connectivity index (χ1n) is 8.10. The number of carbonyl (C=O) groups excluding carboxylic acids is 3. The van der Waals surface area contributed by atoms with Crippen LogP contribution in [0.5, 0.6) is 0 Å². The maximum absolute atomic E-state index is 12.4. The number of ether oxygens (including phenoxy) is 1. The Morgan fingerprint density at radius 2 is 1.58 bits per heavy atom. The second-order valence-corrected chi connectivity index (χ2v) is 5.78. The molecule has 3 aromatic carbocycles. The van der Waals surface area contributed by atoms with Crippen molar-refractivity contribution in [3.05, 3.63) is 77.9 Å². The van der Waals surface area contributed by atoms with Gasteiger partial charge in [0, 0.05) is 18.2 Å². The molecule has 1 amide bonds. The van der Waals surface area contributed by atoms with Gasteiger partial charge in [-0.3, -0.25) is 9.59 Å². The Morgan fingerprint density at radius 1 is 0.885 bits per heavy atom. The van der Waals surface area contributed by atoms with E-state index >= 15 is 0 Å². The Morgan fingerprint density at radius 3 is 2.31 bits per heavy atom. The van der Waals surface area contributed by atoms with Gasteiger partial charge in [0.2, 0.25) is 11.7 Å². The monoisotopic (exact) mass is 347 g/mol. The lowest BCUT2D eigenvalue weighted by atomic mass is 10.0. The number of ketones is 1. The second kappa shape index (κ2) is 7.61. The molecule has 5 heteroatoms. The van der Waals surface area contributed by atoms with E-state index in [4.69, 9.17) is 4.74 Å². The fourth-order valence-corrected chi connectivity index (χ4v) is 2.65. The molecule has 0 saturated carbocycles. The van der Waals surface area contributed by atoms with Crippen LogP contribution in [0.15, 0.2) is 66.7 Å². The number of benzene rings is 3. The third-order valence-corrected chi connectivity index (χ3v) is 3.87. The van der Waals surface area contributed by atoms with E-state index in [1.165, 1.54) is 19.1 Å². The van der Waals surface area contributed by atoms with Crippen LogP contribution in [0.3, 0.4) is 0 Å². The normalized spacial score (nSPS) is 10.3. The zero-order valence-corrected chi connectivity index (χ0v) is 14.2. The predicted octanol–water partition coefficient (Wildman–Crippen LogP) is 3.84. The molecule has 0 spiro atoms. The van der Waals surface area contributed by atoms with Crippen molar-refractivity contribution in [3.63, 3.8) is 0 Å². The molecule has 0 fully saturated rings. The Kier molecular flexibility index (Phi) is 5.08. The molecule has 0 bridgehead atoms. The Hall–Kier alpha value is -3.47. The lowest BCUT2D eigenvalue weighted by Gasteiger charge is -2.08. The van der Waals surface area contributed by atoms with Gasteiger partial charge in [-0.1, -0.05) is 42.5 Å². The highest BCUT2D eigenvalue weighted by atomic mass is 16.5. The topological polar surface area (TPSA) is 72.5 Å². The molecule has 3 rings (SSSR count). The molecule has 0 aliphatic carbocycles. The molecule has 0 heterocycles. The smallest absolute Gasteiger partial charge is 0.338 e. The zero-order chi connectivity index (χ0) is 18.5. The van der Waals surface area contributed by atoms with Gasteiger partial charge in [-0.2, -0.15) is 0 Å². The van der Waals surface area contributed by atoms with Gasteiger partial charge >= 0.3 is 5.97 Å². The van der Waals surface area contributed by atoms with E-state index in [0.29, 0.717) is 16.8 Å². The number of esters is 1. The average Bonchev–Trinajstić information content (AvgIpc) is 2.65. The molecule has 0 aliphatic rings. The highest BCUT2D eigenvalue weighted by Gasteiger charge is 2.14. The summed E-state index contributed by atoms with van der Waals surface area (Å²) in [6, 6.07) is 19.3. The average molecular weight is 347 g/mol. The van der Waals surface area contributed by atoms with Crippen LogP contribution in [0.4, 0.5) is 5.69 Å². The largest absolute Gasteiger partial charge is 0.454 e. The van der Waals surface area contributed by atoms with Crippen molar-refractivity contribution in [1.82, 2.24) is 0 Å². The fraction of sp³-hybridized carbons (Fsp3) is 0.0952. The molecule has 26 heavy (non-hydrogen) atoms. The third-order valence-electron chi connectivity index (χ3n) is 3.87. The van der Waals surface area contributed by atoms with Gasteiger partial charge in [0.15, 0.2) is 6.61 Å². The zero-order valence-electron chi connectivity index (χ0n) is 14.2. The number of nitrogens with one attached hydrogen (secondary N) is 1. The molecule has 3 aromatic rings. The molecular weight excluding hydrogens is 330 g/mol. The van der Waals surface area contributed by atoms with E-state index in [2.05, 4.69) is 5.32 Å².